The monoisotopic (exact) mass is 206 g/mol. The molecule has 2 rings (SSSR count). The smallest absolute Gasteiger partial charge is 0.198 e. The number of rotatable bonds is 4. The largest absolute Gasteiger partial charge is 0.458 e. The Bertz CT molecular complexity index is 332. The zero-order valence-electron chi connectivity index (χ0n) is 9.29. The third-order valence-electron chi connectivity index (χ3n) is 3.23. The predicted octanol–water partition coefficient (Wildman–Crippen LogP) is 3.61. The zero-order chi connectivity index (χ0) is 10.7. The van der Waals surface area contributed by atoms with Crippen LogP contribution in [0.5, 0.6) is 0 Å². The quantitative estimate of drug-likeness (QED) is 0.704. The number of hydrogen-bond acceptors (Lipinski definition) is 2. The maximum Gasteiger partial charge on any atom is 0.198 e. The second-order valence-corrected chi connectivity index (χ2v) is 4.40. The van der Waals surface area contributed by atoms with Gasteiger partial charge < -0.3 is 4.42 Å². The molecular formula is C13H18O2. The molecule has 1 aromatic heterocycles. The molecule has 82 valence electrons. The van der Waals surface area contributed by atoms with Crippen LogP contribution in [0, 0.1) is 5.92 Å². The number of carbonyl (C=O) groups is 1. The normalized spacial score (nSPS) is 17.1. The van der Waals surface area contributed by atoms with Gasteiger partial charge in [-0.15, -0.1) is 0 Å². The van der Waals surface area contributed by atoms with Crippen molar-refractivity contribution in [1.29, 1.82) is 0 Å². The molecule has 0 N–H and O–H groups in total. The van der Waals surface area contributed by atoms with E-state index in [-0.39, 0.29) is 5.78 Å². The third-order valence-corrected chi connectivity index (χ3v) is 3.23. The molecule has 1 heterocycles. The van der Waals surface area contributed by atoms with E-state index in [1.807, 2.05) is 19.1 Å². The molecular weight excluding hydrogens is 188 g/mol. The second-order valence-electron chi connectivity index (χ2n) is 4.40. The molecule has 0 bridgehead atoms. The van der Waals surface area contributed by atoms with E-state index < -0.39 is 0 Å². The Morgan fingerprint density at radius 3 is 2.73 bits per heavy atom. The van der Waals surface area contributed by atoms with Crippen LogP contribution in [0.4, 0.5) is 0 Å². The van der Waals surface area contributed by atoms with Gasteiger partial charge in [-0.2, -0.15) is 0 Å². The summed E-state index contributed by atoms with van der Waals surface area (Å²) in [5.74, 6) is 2.25. The number of aryl methyl sites for hydroxylation is 1. The Hall–Kier alpha value is -1.05. The highest BCUT2D eigenvalue weighted by molar-refractivity contribution is 5.93. The average molecular weight is 206 g/mol. The van der Waals surface area contributed by atoms with E-state index >= 15 is 0 Å². The van der Waals surface area contributed by atoms with Crippen molar-refractivity contribution in [2.75, 3.05) is 0 Å². The van der Waals surface area contributed by atoms with Crippen molar-refractivity contribution in [2.45, 2.75) is 45.4 Å². The van der Waals surface area contributed by atoms with Crippen LogP contribution in [-0.4, -0.2) is 5.78 Å². The number of carbonyl (C=O) groups excluding carboxylic acids is 1. The average Bonchev–Trinajstić information content (AvgIpc) is 2.86. The van der Waals surface area contributed by atoms with Gasteiger partial charge in [0.15, 0.2) is 11.5 Å². The molecule has 0 aromatic carbocycles. The van der Waals surface area contributed by atoms with E-state index in [0.29, 0.717) is 18.1 Å². The molecule has 0 saturated heterocycles. The van der Waals surface area contributed by atoms with Crippen LogP contribution in [0.15, 0.2) is 16.5 Å². The van der Waals surface area contributed by atoms with Gasteiger partial charge in [-0.3, -0.25) is 4.79 Å². The summed E-state index contributed by atoms with van der Waals surface area (Å²) in [7, 11) is 0. The van der Waals surface area contributed by atoms with Crippen LogP contribution in [0.2, 0.25) is 0 Å². The van der Waals surface area contributed by atoms with E-state index in [9.17, 15) is 4.79 Å². The van der Waals surface area contributed by atoms with E-state index in [1.165, 1.54) is 25.7 Å². The topological polar surface area (TPSA) is 30.2 Å². The molecule has 0 aliphatic heterocycles. The predicted molar refractivity (Wildman–Crippen MR) is 59.0 cm³/mol. The number of ketones is 1. The van der Waals surface area contributed by atoms with E-state index in [4.69, 9.17) is 4.42 Å². The fourth-order valence-corrected chi connectivity index (χ4v) is 2.30. The summed E-state index contributed by atoms with van der Waals surface area (Å²) in [6.45, 7) is 2.03. The highest BCUT2D eigenvalue weighted by atomic mass is 16.3. The lowest BCUT2D eigenvalue weighted by atomic mass is 10.0. The van der Waals surface area contributed by atoms with Crippen LogP contribution < -0.4 is 0 Å². The molecule has 0 radical (unpaired) electrons. The summed E-state index contributed by atoms with van der Waals surface area (Å²) < 4.78 is 5.46. The zero-order valence-corrected chi connectivity index (χ0v) is 9.29. The summed E-state index contributed by atoms with van der Waals surface area (Å²) in [6.07, 6.45) is 6.54. The van der Waals surface area contributed by atoms with E-state index in [0.717, 1.165) is 12.2 Å². The second kappa shape index (κ2) is 4.65. The first-order valence-electron chi connectivity index (χ1n) is 5.91. The van der Waals surface area contributed by atoms with E-state index in [2.05, 4.69) is 0 Å². The van der Waals surface area contributed by atoms with Gasteiger partial charge in [0.1, 0.15) is 5.76 Å². The van der Waals surface area contributed by atoms with Crippen LogP contribution >= 0.6 is 0 Å². The molecule has 0 unspecified atom stereocenters. The van der Waals surface area contributed by atoms with Gasteiger partial charge in [-0.05, 0) is 18.1 Å². The highest BCUT2D eigenvalue weighted by Crippen LogP contribution is 2.28. The lowest BCUT2D eigenvalue weighted by Crippen LogP contribution is -2.04. The Morgan fingerprint density at radius 1 is 1.40 bits per heavy atom. The van der Waals surface area contributed by atoms with Crippen molar-refractivity contribution in [2.24, 2.45) is 5.92 Å². The van der Waals surface area contributed by atoms with Gasteiger partial charge in [0.05, 0.1) is 0 Å². The summed E-state index contributed by atoms with van der Waals surface area (Å²) >= 11 is 0. The fraction of sp³-hybridized carbons (Fsp3) is 0.615. The lowest BCUT2D eigenvalue weighted by molar-refractivity contribution is 0.0933. The molecule has 0 atom stereocenters. The third kappa shape index (κ3) is 2.49. The van der Waals surface area contributed by atoms with Gasteiger partial charge in [0.25, 0.3) is 0 Å². The van der Waals surface area contributed by atoms with Crippen molar-refractivity contribution in [3.63, 3.8) is 0 Å². The molecule has 15 heavy (non-hydrogen) atoms. The first-order valence-corrected chi connectivity index (χ1v) is 5.91. The van der Waals surface area contributed by atoms with E-state index in [1.54, 1.807) is 0 Å². The Kier molecular flexibility index (Phi) is 3.24. The van der Waals surface area contributed by atoms with Gasteiger partial charge in [-0.1, -0.05) is 32.6 Å². The number of Topliss-reactive ketones (excluding diaryl/α,β-unsaturated/α-hetero) is 1. The van der Waals surface area contributed by atoms with Crippen LogP contribution in [-0.2, 0) is 6.42 Å². The summed E-state index contributed by atoms with van der Waals surface area (Å²) in [4.78, 5) is 11.8. The van der Waals surface area contributed by atoms with Crippen LogP contribution in [0.25, 0.3) is 0 Å². The Morgan fingerprint density at radius 2 is 2.13 bits per heavy atom. The minimum absolute atomic E-state index is 0.182. The number of hydrogen-bond donors (Lipinski definition) is 0. The molecule has 1 aliphatic rings. The number of furan rings is 1. The van der Waals surface area contributed by atoms with Crippen molar-refractivity contribution in [3.8, 4) is 0 Å². The molecule has 0 spiro atoms. The van der Waals surface area contributed by atoms with Gasteiger partial charge >= 0.3 is 0 Å². The first-order chi connectivity index (χ1) is 7.29. The fourth-order valence-electron chi connectivity index (χ4n) is 2.30. The minimum Gasteiger partial charge on any atom is -0.458 e. The first kappa shape index (κ1) is 10.5. The maximum atomic E-state index is 11.8. The van der Waals surface area contributed by atoms with Crippen LogP contribution in [0.1, 0.15) is 55.3 Å². The Balaban J connectivity index is 1.94. The molecule has 1 fully saturated rings. The van der Waals surface area contributed by atoms with Gasteiger partial charge in [0, 0.05) is 12.8 Å². The molecule has 1 saturated carbocycles. The maximum absolute atomic E-state index is 11.8. The van der Waals surface area contributed by atoms with Crippen molar-refractivity contribution in [1.82, 2.24) is 0 Å². The molecule has 0 amide bonds. The molecule has 2 nitrogen and oxygen atoms in total. The molecule has 2 heteroatoms. The van der Waals surface area contributed by atoms with Gasteiger partial charge in [0.2, 0.25) is 0 Å². The lowest BCUT2D eigenvalue weighted by Gasteiger charge is -2.05. The summed E-state index contributed by atoms with van der Waals surface area (Å²) in [6, 6.07) is 3.72. The standard InChI is InChI=1S/C13H18O2/c1-2-11-7-8-13(15-11)12(14)9-10-5-3-4-6-10/h7-8,10H,2-6,9H2,1H3. The summed E-state index contributed by atoms with van der Waals surface area (Å²) in [5, 5.41) is 0. The van der Waals surface area contributed by atoms with Crippen molar-refractivity contribution >= 4 is 5.78 Å². The Labute approximate surface area is 90.7 Å². The molecule has 1 aliphatic carbocycles. The summed E-state index contributed by atoms with van der Waals surface area (Å²) in [5.41, 5.74) is 0. The van der Waals surface area contributed by atoms with Crippen molar-refractivity contribution < 1.29 is 9.21 Å². The highest BCUT2D eigenvalue weighted by Gasteiger charge is 2.20. The molecule has 1 aromatic rings. The van der Waals surface area contributed by atoms with Gasteiger partial charge in [-0.25, -0.2) is 0 Å². The minimum atomic E-state index is 0.182. The van der Waals surface area contributed by atoms with Crippen LogP contribution in [0.3, 0.4) is 0 Å². The SMILES string of the molecule is CCc1ccc(C(=O)CC2CCCC2)o1. The van der Waals surface area contributed by atoms with Crippen molar-refractivity contribution in [3.05, 3.63) is 23.7 Å².